The number of nitrogens with one attached hydrogen (secondary N) is 2. The van der Waals surface area contributed by atoms with Crippen molar-refractivity contribution in [3.05, 3.63) is 399 Å². The third-order valence-corrected chi connectivity index (χ3v) is 25.6. The molecule has 18 rings (SSSR count). The van der Waals surface area contributed by atoms with Crippen LogP contribution in [0.3, 0.4) is 0 Å². The highest BCUT2D eigenvalue weighted by atomic mass is 35.5. The number of esters is 6. The average Bonchev–Trinajstić information content (AvgIpc) is 1.58. The number of carbonyl (C=O) groups is 9. The number of fused-ring (bicyclic) bond motifs is 12. The van der Waals surface area contributed by atoms with Crippen LogP contribution in [0, 0.1) is 0 Å². The van der Waals surface area contributed by atoms with Crippen LogP contribution in [0.4, 0.5) is 0 Å². The topological polar surface area (TPSA) is 445 Å². The molecule has 14 aromatic rings. The SMILES string of the molecule is CC(=O)Oc1c(Cl)cc2c(c1CN(Cc1ccccn1)Cc1ccccn1)Oc1c(cc(Cl)c(OC(C)=O)c1CN(Cc1ccccn1)Cc1ccccn1)C21OC(=O)c2cc(C(=O)NC(CCC[NH+]=C(N)N)C(=O)[O-])ccc21.CC(=O)Oc1c(Cl)cc2c(c1CN(Cc1ccccn1)Cc1ccccn1)Oc1c(cc(Cl)c(OC(C)=O)c1CN(Cc1ccccn1)Cc1ccccn1)C21OC(=O)c2cc(C(C)=O)ccc21. The van der Waals surface area contributed by atoms with Crippen molar-refractivity contribution in [2.75, 3.05) is 6.54 Å². The third-order valence-electron chi connectivity index (χ3n) is 24.4. The fraction of sp³-hybridized carbons (Fsp3) is 0.211. The highest BCUT2D eigenvalue weighted by Gasteiger charge is 2.59. The van der Waals surface area contributed by atoms with Crippen molar-refractivity contribution >= 4 is 106 Å². The maximum absolute atomic E-state index is 14.8. The standard InChI is InChI=1S/C57H52Cl2N10O10.C52H42Cl2N6O8/c1-33(70)76-51-41(31-68(27-36-12-3-7-19-62-36)28-37-13-4-8-20-63-37)49-44(25-46(51)58)57(43-18-17-35(24-40(43)55(75)79-57)53(72)67-48(54(73)74)16-11-23-66-56(60)61)45-26-47(59)52(77-34(2)71)42(50(45)78-49)32-69(29-38-14-5-9-21-64-38)30-39-15-6-10-22-65-39;1-31(61)34-16-17-42-39(22-34)51(64)68-52(42)43-23-45(53)49(65-32(2)62)40(29-59(25-35-12-4-8-18-55-35)26-36-13-5-9-19-56-36)47(43)67-48-41(50(66-33(3)63)46(54)24-44(48)52)30-60(27-37-14-6-10-20-57-37)28-38-15-7-11-21-58-38/h3-10,12-15,17-22,24-26,48H,11,16,23,27-32H2,1-2H3,(H,67,72)(H,73,74)(H4,60,61,66);4-24H,25-30H2,1-3H3. The van der Waals surface area contributed by atoms with E-state index in [1.807, 2.05) is 141 Å². The fourth-order valence-electron chi connectivity index (χ4n) is 18.3. The lowest BCUT2D eigenvalue weighted by molar-refractivity contribution is -0.459. The van der Waals surface area contributed by atoms with Gasteiger partial charge in [-0.05, 0) is 159 Å². The molecule has 4 aliphatic heterocycles. The summed E-state index contributed by atoms with van der Waals surface area (Å²) in [5.74, 6) is -6.80. The van der Waals surface area contributed by atoms with E-state index in [2.05, 4.69) is 50.2 Å². The summed E-state index contributed by atoms with van der Waals surface area (Å²) in [5.41, 5.74) is 15.6. The Morgan fingerprint density at radius 3 is 0.857 bits per heavy atom. The van der Waals surface area contributed by atoms with Crippen molar-refractivity contribution in [3.63, 3.8) is 0 Å². The summed E-state index contributed by atoms with van der Waals surface area (Å²) < 4.78 is 51.8. The summed E-state index contributed by atoms with van der Waals surface area (Å²) >= 11 is 29.1. The van der Waals surface area contributed by atoms with Gasteiger partial charge in [-0.3, -0.25) is 105 Å². The Morgan fingerprint density at radius 1 is 0.367 bits per heavy atom. The predicted molar refractivity (Wildman–Crippen MR) is 535 cm³/mol. The number of pyridine rings is 8. The molecule has 147 heavy (non-hydrogen) atoms. The second-order valence-corrected chi connectivity index (χ2v) is 36.6. The Labute approximate surface area is 862 Å². The zero-order chi connectivity index (χ0) is 103. The first-order valence-electron chi connectivity index (χ1n) is 46.5. The lowest BCUT2D eigenvalue weighted by Gasteiger charge is -2.40. The van der Waals surface area contributed by atoms with Gasteiger partial charge in [-0.2, -0.15) is 0 Å². The number of amides is 1. The van der Waals surface area contributed by atoms with Gasteiger partial charge in [0, 0.05) is 200 Å². The van der Waals surface area contributed by atoms with Gasteiger partial charge in [0.1, 0.15) is 23.0 Å². The molecule has 746 valence electrons. The first kappa shape index (κ1) is 102. The van der Waals surface area contributed by atoms with Crippen LogP contribution in [0.25, 0.3) is 0 Å². The number of aromatic nitrogens is 8. The summed E-state index contributed by atoms with van der Waals surface area (Å²) in [5, 5.41) is 14.6. The van der Waals surface area contributed by atoms with Crippen LogP contribution in [0.2, 0.25) is 20.1 Å². The second-order valence-electron chi connectivity index (χ2n) is 35.0. The normalized spacial score (nSPS) is 13.1. The number of carbonyl (C=O) groups excluding carboxylic acids is 9. The molecule has 12 heterocycles. The van der Waals surface area contributed by atoms with Crippen LogP contribution in [0.15, 0.2) is 256 Å². The summed E-state index contributed by atoms with van der Waals surface area (Å²) in [6.45, 7) is 8.76. The number of benzene rings is 6. The van der Waals surface area contributed by atoms with E-state index in [-0.39, 0.29) is 211 Å². The number of halogens is 4. The van der Waals surface area contributed by atoms with Crippen LogP contribution in [-0.4, -0.2) is 131 Å². The molecule has 1 amide bonds. The van der Waals surface area contributed by atoms with Crippen LogP contribution in [0.5, 0.6) is 46.0 Å². The molecule has 0 saturated heterocycles. The molecule has 6 N–H and O–H groups in total. The number of guanidine groups is 1. The molecule has 0 aliphatic carbocycles. The number of aliphatic carboxylic acids is 1. The number of ketones is 1. The lowest BCUT2D eigenvalue weighted by Crippen LogP contribution is -2.78. The van der Waals surface area contributed by atoms with E-state index >= 15 is 0 Å². The summed E-state index contributed by atoms with van der Waals surface area (Å²) in [7, 11) is 0. The van der Waals surface area contributed by atoms with Crippen molar-refractivity contribution in [2.45, 2.75) is 143 Å². The van der Waals surface area contributed by atoms with Gasteiger partial charge in [-0.1, -0.05) is 113 Å². The zero-order valence-corrected chi connectivity index (χ0v) is 82.8. The first-order valence-corrected chi connectivity index (χ1v) is 48.0. The van der Waals surface area contributed by atoms with Gasteiger partial charge in [0.2, 0.25) is 0 Å². The van der Waals surface area contributed by atoms with Crippen molar-refractivity contribution < 1.29 is 91.1 Å². The number of hydrogen-bond acceptors (Lipinski definition) is 30. The Bertz CT molecular complexity index is 6910. The molecule has 38 heteroatoms. The van der Waals surface area contributed by atoms with Gasteiger partial charge in [0.15, 0.2) is 40.0 Å². The number of hydrogen-bond donors (Lipinski definition) is 4. The second kappa shape index (κ2) is 45.4. The zero-order valence-electron chi connectivity index (χ0n) is 79.8. The molecule has 0 saturated carbocycles. The Morgan fingerprint density at radius 2 is 0.626 bits per heavy atom. The molecule has 1 unspecified atom stereocenters. The van der Waals surface area contributed by atoms with Crippen molar-refractivity contribution in [2.24, 2.45) is 11.5 Å². The van der Waals surface area contributed by atoms with E-state index in [4.69, 9.17) is 95.8 Å². The number of carboxylic acids is 1. The van der Waals surface area contributed by atoms with Gasteiger partial charge >= 0.3 is 41.8 Å². The molecule has 2 spiro atoms. The van der Waals surface area contributed by atoms with Crippen LogP contribution >= 0.6 is 46.4 Å². The van der Waals surface area contributed by atoms with Gasteiger partial charge < -0.3 is 53.1 Å². The largest absolute Gasteiger partial charge is 0.548 e. The number of nitrogens with two attached hydrogens (primary N) is 2. The van der Waals surface area contributed by atoms with E-state index in [0.717, 1.165) is 22.8 Å². The van der Waals surface area contributed by atoms with Crippen molar-refractivity contribution in [1.82, 2.24) is 64.8 Å². The predicted octanol–water partition coefficient (Wildman–Crippen LogP) is 14.0. The van der Waals surface area contributed by atoms with E-state index < -0.39 is 64.9 Å². The number of Topliss-reactive ketones (excluding diaryl/α,β-unsaturated/α-hetero) is 1. The minimum Gasteiger partial charge on any atom is -0.548 e. The number of carboxylic acid groups (broad SMARTS) is 1. The fourth-order valence-corrected chi connectivity index (χ4v) is 19.4. The molecule has 4 aliphatic rings. The highest BCUT2D eigenvalue weighted by molar-refractivity contribution is 6.34. The molecule has 0 bridgehead atoms. The maximum atomic E-state index is 14.8. The first-order chi connectivity index (χ1) is 70.9. The molecule has 0 radical (unpaired) electrons. The van der Waals surface area contributed by atoms with E-state index in [9.17, 15) is 48.3 Å². The number of nitrogens with zero attached hydrogens (tertiary/aromatic N) is 12. The molecule has 0 fully saturated rings. The minimum atomic E-state index is -2.02. The van der Waals surface area contributed by atoms with Crippen LogP contribution < -0.4 is 55.3 Å². The lowest BCUT2D eigenvalue weighted by atomic mass is 9.75. The van der Waals surface area contributed by atoms with Crippen LogP contribution in [-0.2, 0) is 123 Å². The molecule has 6 aromatic carbocycles. The number of rotatable bonds is 36. The third kappa shape index (κ3) is 23.1. The van der Waals surface area contributed by atoms with Gasteiger partial charge in [-0.25, -0.2) is 9.59 Å². The maximum Gasteiger partial charge on any atom is 0.340 e. The smallest absolute Gasteiger partial charge is 0.340 e. The molecular weight excluding hydrogens is 1960 g/mol. The molecular formula is C109H94Cl4N16O18. The Hall–Kier alpha value is -16.2. The molecule has 34 nitrogen and oxygen atoms in total. The average molecular weight is 2060 g/mol. The summed E-state index contributed by atoms with van der Waals surface area (Å²) in [6, 6.07) is 58.1. The minimum absolute atomic E-state index is 0.00249. The van der Waals surface area contributed by atoms with Gasteiger partial charge in [0.05, 0.1) is 118 Å². The van der Waals surface area contributed by atoms with Crippen molar-refractivity contribution in [3.8, 4) is 46.0 Å². The van der Waals surface area contributed by atoms with Crippen LogP contribution in [0.1, 0.15) is 190 Å². The summed E-state index contributed by atoms with van der Waals surface area (Å²) in [6.07, 6.45) is 13.7. The van der Waals surface area contributed by atoms with Gasteiger partial charge in [-0.15, -0.1) is 0 Å². The Balaban J connectivity index is 0.000000203. The van der Waals surface area contributed by atoms with Gasteiger partial charge in [0.25, 0.3) is 5.91 Å². The van der Waals surface area contributed by atoms with E-state index in [1.165, 1.54) is 71.0 Å². The molecule has 8 aromatic heterocycles. The molecule has 1 atom stereocenters. The van der Waals surface area contributed by atoms with Crippen molar-refractivity contribution in [1.29, 1.82) is 0 Å². The van der Waals surface area contributed by atoms with E-state index in [1.54, 1.807) is 98.1 Å². The quantitative estimate of drug-likeness (QED) is 0.00707. The highest BCUT2D eigenvalue weighted by Crippen LogP contribution is 2.65. The van der Waals surface area contributed by atoms with E-state index in [0.29, 0.717) is 65.6 Å². The number of ether oxygens (including phenoxy) is 8. The summed E-state index contributed by atoms with van der Waals surface area (Å²) in [4.78, 5) is 168. The Kier molecular flexibility index (Phi) is 31.6. The monoisotopic (exact) mass is 2050 g/mol.